The van der Waals surface area contributed by atoms with E-state index in [2.05, 4.69) is 10.5 Å². The topological polar surface area (TPSA) is 97.1 Å². The number of carbonyl (C=O) groups is 2. The lowest BCUT2D eigenvalue weighted by molar-refractivity contribution is -0.153. The first kappa shape index (κ1) is 23.3. The van der Waals surface area contributed by atoms with E-state index >= 15 is 0 Å². The monoisotopic (exact) mass is 494 g/mol. The van der Waals surface area contributed by atoms with E-state index in [0.29, 0.717) is 13.2 Å². The number of hydrogen-bond donors (Lipinski definition) is 1. The number of nitrogens with zero attached hydrogens (tertiary/aromatic N) is 3. The summed E-state index contributed by atoms with van der Waals surface area (Å²) in [6.07, 6.45) is 4.27. The number of rotatable bonds is 6. The average molecular weight is 495 g/mol. The lowest BCUT2D eigenvalue weighted by Crippen LogP contribution is -2.45. The largest absolute Gasteiger partial charge is 0.444 e. The second-order valence-electron chi connectivity index (χ2n) is 11.8. The Hall–Kier alpha value is -3.07. The molecule has 6 rings (SSSR count). The molecule has 3 amide bonds. The Bertz CT molecular complexity index is 1130. The maximum atomic E-state index is 13.4. The van der Waals surface area contributed by atoms with Gasteiger partial charge in [-0.3, -0.25) is 4.84 Å². The molecule has 36 heavy (non-hydrogen) atoms. The van der Waals surface area contributed by atoms with E-state index < -0.39 is 5.60 Å². The molecule has 1 spiro atoms. The summed E-state index contributed by atoms with van der Waals surface area (Å²) in [5.41, 5.74) is 1.45. The van der Waals surface area contributed by atoms with Gasteiger partial charge in [-0.15, -0.1) is 0 Å². The summed E-state index contributed by atoms with van der Waals surface area (Å²) in [5.74, 6) is 1.03. The van der Waals surface area contributed by atoms with Gasteiger partial charge in [0, 0.05) is 24.6 Å². The highest BCUT2D eigenvalue weighted by molar-refractivity contribution is 5.77. The molecular formula is C27H34N4O5. The van der Waals surface area contributed by atoms with Gasteiger partial charge >= 0.3 is 12.1 Å². The number of amides is 3. The third kappa shape index (κ3) is 4.34. The molecule has 4 aliphatic rings. The molecule has 0 radical (unpaired) electrons. The molecule has 3 heterocycles. The quantitative estimate of drug-likeness (QED) is 0.613. The highest BCUT2D eigenvalue weighted by Gasteiger charge is 2.63. The number of hydroxylamine groups is 2. The highest BCUT2D eigenvalue weighted by atomic mass is 16.7. The van der Waals surface area contributed by atoms with Gasteiger partial charge in [-0.25, -0.2) is 9.59 Å². The molecule has 2 aromatic rings. The van der Waals surface area contributed by atoms with E-state index in [-0.39, 0.29) is 41.6 Å². The Kier molecular flexibility index (Phi) is 5.51. The zero-order valence-electron chi connectivity index (χ0n) is 21.1. The second kappa shape index (κ2) is 8.50. The van der Waals surface area contributed by atoms with E-state index in [4.69, 9.17) is 14.1 Å². The van der Waals surface area contributed by atoms with Crippen LogP contribution in [-0.2, 0) is 16.2 Å². The van der Waals surface area contributed by atoms with Crippen LogP contribution in [0.5, 0.6) is 0 Å². The molecule has 9 nitrogen and oxygen atoms in total. The number of nitrogens with one attached hydrogen (secondary N) is 1. The zero-order valence-corrected chi connectivity index (χ0v) is 21.1. The number of hydrogen-bond acceptors (Lipinski definition) is 6. The van der Waals surface area contributed by atoms with Crippen LogP contribution in [0.2, 0.25) is 0 Å². The molecule has 2 saturated carbocycles. The maximum absolute atomic E-state index is 13.4. The number of benzene rings is 1. The number of ether oxygens (including phenoxy) is 1. The first-order chi connectivity index (χ1) is 17.2. The standard InChI is InChI=1S/C27H34N4O5/c1-26(2,3)35-24(32)28-19-11-18(12-19)22-13-20(29-36-22)21-14-27(9-10-27)23-15-30(21)25(33)31(23)34-16-17-7-5-4-6-8-17/h4-8,13,18-19,21,23H,9-12,14-16H2,1-3H3,(H,28,32)/t18?,19?,21-,23+/m0/s1. The average Bonchev–Trinajstić information content (AvgIpc) is 3.28. The van der Waals surface area contributed by atoms with E-state index in [1.807, 2.05) is 62.1 Å². The van der Waals surface area contributed by atoms with E-state index in [1.54, 1.807) is 5.06 Å². The van der Waals surface area contributed by atoms with Gasteiger partial charge < -0.3 is 19.5 Å². The van der Waals surface area contributed by atoms with Gasteiger partial charge in [-0.2, -0.15) is 5.06 Å². The molecule has 0 unspecified atom stereocenters. The van der Waals surface area contributed by atoms with Gasteiger partial charge in [0.1, 0.15) is 23.7 Å². The Morgan fingerprint density at radius 2 is 1.97 bits per heavy atom. The zero-order chi connectivity index (χ0) is 25.1. The van der Waals surface area contributed by atoms with Gasteiger partial charge in [0.05, 0.1) is 12.1 Å². The summed E-state index contributed by atoms with van der Waals surface area (Å²) < 4.78 is 11.1. The van der Waals surface area contributed by atoms with Crippen LogP contribution in [0.4, 0.5) is 9.59 Å². The van der Waals surface area contributed by atoms with Crippen LogP contribution in [0, 0.1) is 5.41 Å². The van der Waals surface area contributed by atoms with E-state index in [9.17, 15) is 9.59 Å². The van der Waals surface area contributed by atoms with Gasteiger partial charge in [-0.05, 0) is 63.9 Å². The summed E-state index contributed by atoms with van der Waals surface area (Å²) in [4.78, 5) is 33.4. The Morgan fingerprint density at radius 3 is 2.67 bits per heavy atom. The molecule has 9 heteroatoms. The molecular weight excluding hydrogens is 460 g/mol. The fourth-order valence-corrected chi connectivity index (χ4v) is 5.85. The van der Waals surface area contributed by atoms with Crippen molar-refractivity contribution in [2.45, 2.75) is 89.1 Å². The smallest absolute Gasteiger partial charge is 0.407 e. The number of aromatic nitrogens is 1. The SMILES string of the molecule is CC(C)(C)OC(=O)NC1CC(c2cc([C@@H]3CC4(CC4)[C@H]4CN3C(=O)N4OCc3ccccc3)no2)C1. The third-order valence-corrected chi connectivity index (χ3v) is 8.02. The van der Waals surface area contributed by atoms with Crippen molar-refractivity contribution in [1.29, 1.82) is 0 Å². The Balaban J connectivity index is 1.09. The fourth-order valence-electron chi connectivity index (χ4n) is 5.85. The summed E-state index contributed by atoms with van der Waals surface area (Å²) in [5, 5.41) is 8.95. The van der Waals surface area contributed by atoms with Crippen molar-refractivity contribution in [2.24, 2.45) is 5.41 Å². The first-order valence-corrected chi connectivity index (χ1v) is 12.9. The molecule has 2 saturated heterocycles. The Labute approximate surface area is 211 Å². The van der Waals surface area contributed by atoms with Crippen molar-refractivity contribution in [3.8, 4) is 0 Å². The van der Waals surface area contributed by atoms with Crippen LogP contribution < -0.4 is 5.32 Å². The van der Waals surface area contributed by atoms with Crippen LogP contribution in [0.1, 0.15) is 81.9 Å². The van der Waals surface area contributed by atoms with Crippen LogP contribution in [-0.4, -0.2) is 51.5 Å². The van der Waals surface area contributed by atoms with Gasteiger partial charge in [-0.1, -0.05) is 35.5 Å². The number of alkyl carbamates (subject to hydrolysis) is 1. The summed E-state index contributed by atoms with van der Waals surface area (Å²) in [7, 11) is 0. The Morgan fingerprint density at radius 1 is 1.22 bits per heavy atom. The normalized spacial score (nSPS) is 28.2. The van der Waals surface area contributed by atoms with Gasteiger partial charge in [0.25, 0.3) is 0 Å². The summed E-state index contributed by atoms with van der Waals surface area (Å²) in [6, 6.07) is 11.9. The van der Waals surface area contributed by atoms with E-state index in [0.717, 1.165) is 49.1 Å². The fraction of sp³-hybridized carbons (Fsp3) is 0.593. The van der Waals surface area contributed by atoms with Crippen molar-refractivity contribution >= 4 is 12.1 Å². The molecule has 2 aliphatic carbocycles. The van der Waals surface area contributed by atoms with Gasteiger partial charge in [0.2, 0.25) is 0 Å². The van der Waals surface area contributed by atoms with Crippen LogP contribution in [0.25, 0.3) is 0 Å². The molecule has 192 valence electrons. The molecule has 2 bridgehead atoms. The van der Waals surface area contributed by atoms with E-state index in [1.165, 1.54) is 0 Å². The second-order valence-corrected chi connectivity index (χ2v) is 11.8. The first-order valence-electron chi connectivity index (χ1n) is 12.9. The number of fused-ring (bicyclic) bond motifs is 3. The molecule has 1 N–H and O–H groups in total. The van der Waals surface area contributed by atoms with Crippen LogP contribution in [0.3, 0.4) is 0 Å². The summed E-state index contributed by atoms with van der Waals surface area (Å²) in [6.45, 7) is 6.60. The van der Waals surface area contributed by atoms with Crippen LogP contribution >= 0.6 is 0 Å². The molecule has 2 aliphatic heterocycles. The predicted molar refractivity (Wildman–Crippen MR) is 130 cm³/mol. The van der Waals surface area contributed by atoms with Crippen molar-refractivity contribution < 1.29 is 23.7 Å². The molecule has 1 aromatic carbocycles. The number of piperidine rings is 1. The van der Waals surface area contributed by atoms with Crippen molar-refractivity contribution in [1.82, 2.24) is 20.4 Å². The lowest BCUT2D eigenvalue weighted by Gasteiger charge is -2.36. The lowest BCUT2D eigenvalue weighted by atomic mass is 9.78. The minimum Gasteiger partial charge on any atom is -0.444 e. The minimum atomic E-state index is -0.514. The molecule has 1 aromatic heterocycles. The predicted octanol–water partition coefficient (Wildman–Crippen LogP) is 4.91. The maximum Gasteiger partial charge on any atom is 0.407 e. The molecule has 4 fully saturated rings. The van der Waals surface area contributed by atoms with Crippen molar-refractivity contribution in [3.63, 3.8) is 0 Å². The number of urea groups is 1. The molecule has 2 atom stereocenters. The third-order valence-electron chi connectivity index (χ3n) is 8.02. The highest BCUT2D eigenvalue weighted by Crippen LogP contribution is 2.62. The van der Waals surface area contributed by atoms with Crippen molar-refractivity contribution in [3.05, 3.63) is 53.4 Å². The van der Waals surface area contributed by atoms with Gasteiger partial charge in [0.15, 0.2) is 0 Å². The number of carbonyl (C=O) groups excluding carboxylic acids is 2. The summed E-state index contributed by atoms with van der Waals surface area (Å²) >= 11 is 0. The van der Waals surface area contributed by atoms with Crippen molar-refractivity contribution in [2.75, 3.05) is 6.54 Å². The minimum absolute atomic E-state index is 0.0686. The van der Waals surface area contributed by atoms with Crippen LogP contribution in [0.15, 0.2) is 40.9 Å².